The highest BCUT2D eigenvalue weighted by Gasteiger charge is 2.28. The van der Waals surface area contributed by atoms with Crippen LogP contribution in [0.5, 0.6) is 0 Å². The highest BCUT2D eigenvalue weighted by Crippen LogP contribution is 2.20. The molecule has 1 fully saturated rings. The summed E-state index contributed by atoms with van der Waals surface area (Å²) >= 11 is 0. The largest absolute Gasteiger partial charge is 0.390 e. The lowest BCUT2D eigenvalue weighted by molar-refractivity contribution is 0.0837. The Morgan fingerprint density at radius 1 is 1.21 bits per heavy atom. The molecule has 9 nitrogen and oxygen atoms in total. The van der Waals surface area contributed by atoms with Crippen LogP contribution in [0.1, 0.15) is 27.3 Å². The van der Waals surface area contributed by atoms with Crippen molar-refractivity contribution >= 4 is 15.7 Å². The minimum absolute atomic E-state index is 0.161. The maximum atomic E-state index is 12.6. The lowest BCUT2D eigenvalue weighted by atomic mass is 9.94. The monoisotopic (exact) mass is 487 g/mol. The molecule has 0 saturated carbocycles. The van der Waals surface area contributed by atoms with Crippen LogP contribution in [0.4, 0.5) is 0 Å². The molecule has 184 valence electrons. The fraction of sp³-hybridized carbons (Fsp3) is 0.542. The van der Waals surface area contributed by atoms with Gasteiger partial charge < -0.3 is 15.3 Å². The average molecular weight is 488 g/mol. The third-order valence-corrected chi connectivity index (χ3v) is 7.37. The summed E-state index contributed by atoms with van der Waals surface area (Å²) in [5, 5.41) is 13.2. The number of aliphatic hydroxyl groups is 1. The van der Waals surface area contributed by atoms with Crippen LogP contribution < -0.4 is 5.32 Å². The Morgan fingerprint density at radius 3 is 2.74 bits per heavy atom. The number of β-amino-alcohol motifs (C(OH)–C–C–N with tert-alkyl or cyclic N) is 1. The van der Waals surface area contributed by atoms with Crippen molar-refractivity contribution in [2.45, 2.75) is 25.5 Å². The molecule has 34 heavy (non-hydrogen) atoms. The number of carbonyl (C=O) groups is 1. The van der Waals surface area contributed by atoms with E-state index in [0.717, 1.165) is 44.7 Å². The minimum Gasteiger partial charge on any atom is -0.390 e. The molecule has 2 aliphatic heterocycles. The van der Waals surface area contributed by atoms with Crippen molar-refractivity contribution in [3.05, 3.63) is 59.2 Å². The molecular formula is C24H33N5O4S. The van der Waals surface area contributed by atoms with E-state index in [-0.39, 0.29) is 23.9 Å². The van der Waals surface area contributed by atoms with Crippen LogP contribution >= 0.6 is 0 Å². The molecule has 4 rings (SSSR count). The maximum absolute atomic E-state index is 12.6. The maximum Gasteiger partial charge on any atom is 0.270 e. The predicted octanol–water partition coefficient (Wildman–Crippen LogP) is 0.145. The first-order chi connectivity index (χ1) is 16.2. The van der Waals surface area contributed by atoms with Crippen LogP contribution in [0.15, 0.2) is 36.7 Å². The van der Waals surface area contributed by atoms with Crippen LogP contribution in [0, 0.1) is 5.92 Å². The summed E-state index contributed by atoms with van der Waals surface area (Å²) in [7, 11) is -2.95. The number of rotatable bonds is 10. The molecule has 10 heteroatoms. The number of nitrogens with one attached hydrogen (secondary N) is 1. The number of amides is 1. The van der Waals surface area contributed by atoms with Gasteiger partial charge in [0.15, 0.2) is 0 Å². The van der Waals surface area contributed by atoms with Gasteiger partial charge in [-0.3, -0.25) is 9.69 Å². The lowest BCUT2D eigenvalue weighted by Gasteiger charge is -2.39. The normalized spacial score (nSPS) is 18.2. The number of likely N-dealkylation sites (tertiary alicyclic amines) is 1. The fourth-order valence-electron chi connectivity index (χ4n) is 4.59. The third-order valence-electron chi connectivity index (χ3n) is 6.44. The Morgan fingerprint density at radius 2 is 1.97 bits per heavy atom. The van der Waals surface area contributed by atoms with Gasteiger partial charge in [0.1, 0.15) is 21.9 Å². The average Bonchev–Trinajstić information content (AvgIpc) is 2.78. The summed E-state index contributed by atoms with van der Waals surface area (Å²) in [6.07, 6.45) is 3.67. The van der Waals surface area contributed by atoms with Gasteiger partial charge in [-0.15, -0.1) is 0 Å². The zero-order valence-corrected chi connectivity index (χ0v) is 20.4. The van der Waals surface area contributed by atoms with Gasteiger partial charge in [0.05, 0.1) is 11.9 Å². The number of benzene rings is 1. The second-order valence-corrected chi connectivity index (χ2v) is 11.7. The Balaban J connectivity index is 1.19. The molecule has 1 amide bonds. The van der Waals surface area contributed by atoms with Crippen LogP contribution in [0.25, 0.3) is 0 Å². The number of aliphatic hydroxyl groups excluding tert-OH is 1. The molecule has 0 radical (unpaired) electrons. The van der Waals surface area contributed by atoms with E-state index in [2.05, 4.69) is 43.3 Å². The van der Waals surface area contributed by atoms with Gasteiger partial charge in [0.25, 0.3) is 5.91 Å². The lowest BCUT2D eigenvalue weighted by Crippen LogP contribution is -2.49. The smallest absolute Gasteiger partial charge is 0.270 e. The summed E-state index contributed by atoms with van der Waals surface area (Å²) in [6, 6.07) is 10.1. The summed E-state index contributed by atoms with van der Waals surface area (Å²) in [4.78, 5) is 25.3. The number of hydrogen-bond donors (Lipinski definition) is 2. The minimum atomic E-state index is -2.95. The second kappa shape index (κ2) is 10.9. The standard InChI is InChI=1S/C24H33N5O4S/c1-34(32,33)9-8-29-13-18(14-29)10-21-11-23(27-17-26-21)24(31)25-12-22(30)16-28-7-6-19-4-2-3-5-20(19)15-28/h2-5,11,17-18,22,30H,6-10,12-16H2,1H3,(H,25,31)/t22-/m0/s1. The molecular weight excluding hydrogens is 454 g/mol. The summed E-state index contributed by atoms with van der Waals surface area (Å²) < 4.78 is 22.6. The molecule has 2 aliphatic rings. The molecule has 0 aliphatic carbocycles. The topological polar surface area (TPSA) is 116 Å². The number of aromatic nitrogens is 2. The zero-order chi connectivity index (χ0) is 24.1. The first-order valence-electron chi connectivity index (χ1n) is 11.7. The van der Waals surface area contributed by atoms with Crippen molar-refractivity contribution in [3.63, 3.8) is 0 Å². The van der Waals surface area contributed by atoms with E-state index in [1.165, 1.54) is 23.7 Å². The molecule has 1 aromatic heterocycles. The van der Waals surface area contributed by atoms with Gasteiger partial charge in [-0.1, -0.05) is 24.3 Å². The number of fused-ring (bicyclic) bond motifs is 1. The van der Waals surface area contributed by atoms with Crippen LogP contribution in [0.2, 0.25) is 0 Å². The summed E-state index contributed by atoms with van der Waals surface area (Å²) in [5.74, 6) is 0.242. The number of nitrogens with zero attached hydrogens (tertiary/aromatic N) is 4. The van der Waals surface area contributed by atoms with Crippen molar-refractivity contribution in [2.75, 3.05) is 51.3 Å². The second-order valence-electron chi connectivity index (χ2n) is 9.47. The first kappa shape index (κ1) is 24.7. The van der Waals surface area contributed by atoms with Crippen LogP contribution in [-0.4, -0.2) is 96.6 Å². The van der Waals surface area contributed by atoms with Gasteiger partial charge in [-0.2, -0.15) is 0 Å². The van der Waals surface area contributed by atoms with E-state index in [1.54, 1.807) is 6.07 Å². The van der Waals surface area contributed by atoms with Gasteiger partial charge in [0, 0.05) is 57.8 Å². The molecule has 1 saturated heterocycles. The molecule has 0 unspecified atom stereocenters. The highest BCUT2D eigenvalue weighted by atomic mass is 32.2. The van der Waals surface area contributed by atoms with E-state index in [0.29, 0.717) is 19.0 Å². The van der Waals surface area contributed by atoms with E-state index >= 15 is 0 Å². The van der Waals surface area contributed by atoms with Crippen molar-refractivity contribution < 1.29 is 18.3 Å². The Hall–Kier alpha value is -2.40. The SMILES string of the molecule is CS(=O)(=O)CCN1CC(Cc2cc(C(=O)NC[C@H](O)CN3CCc4ccccc4C3)ncn2)C1. The first-order valence-corrected chi connectivity index (χ1v) is 13.8. The van der Waals surface area contributed by atoms with Crippen molar-refractivity contribution in [2.24, 2.45) is 5.92 Å². The molecule has 0 bridgehead atoms. The summed E-state index contributed by atoms with van der Waals surface area (Å²) in [6.45, 7) is 4.57. The zero-order valence-electron chi connectivity index (χ0n) is 19.6. The number of hydrogen-bond acceptors (Lipinski definition) is 8. The summed E-state index contributed by atoms with van der Waals surface area (Å²) in [5.41, 5.74) is 3.74. The Bertz CT molecular complexity index is 1100. The van der Waals surface area contributed by atoms with Crippen LogP contribution in [-0.2, 0) is 29.2 Å². The van der Waals surface area contributed by atoms with E-state index in [9.17, 15) is 18.3 Å². The van der Waals surface area contributed by atoms with Crippen molar-refractivity contribution in [1.29, 1.82) is 0 Å². The van der Waals surface area contributed by atoms with Crippen LogP contribution in [0.3, 0.4) is 0 Å². The number of sulfone groups is 1. The highest BCUT2D eigenvalue weighted by molar-refractivity contribution is 7.90. The molecule has 1 aromatic carbocycles. The van der Waals surface area contributed by atoms with Crippen molar-refractivity contribution in [1.82, 2.24) is 25.1 Å². The molecule has 0 spiro atoms. The quantitative estimate of drug-likeness (QED) is 0.487. The van der Waals surface area contributed by atoms with E-state index in [1.807, 2.05) is 6.07 Å². The van der Waals surface area contributed by atoms with E-state index < -0.39 is 15.9 Å². The van der Waals surface area contributed by atoms with Gasteiger partial charge in [-0.05, 0) is 36.0 Å². The molecule has 2 aromatic rings. The van der Waals surface area contributed by atoms with Gasteiger partial charge in [-0.25, -0.2) is 18.4 Å². The Kier molecular flexibility index (Phi) is 7.92. The molecule has 2 N–H and O–H groups in total. The Labute approximate surface area is 201 Å². The predicted molar refractivity (Wildman–Crippen MR) is 129 cm³/mol. The fourth-order valence-corrected chi connectivity index (χ4v) is 5.18. The van der Waals surface area contributed by atoms with Gasteiger partial charge in [0.2, 0.25) is 0 Å². The van der Waals surface area contributed by atoms with E-state index in [4.69, 9.17) is 0 Å². The third kappa shape index (κ3) is 7.05. The number of carbonyl (C=O) groups excluding carboxylic acids is 1. The molecule has 3 heterocycles. The van der Waals surface area contributed by atoms with Crippen molar-refractivity contribution in [3.8, 4) is 0 Å². The molecule has 1 atom stereocenters. The van der Waals surface area contributed by atoms with Gasteiger partial charge >= 0.3 is 0 Å².